The van der Waals surface area contributed by atoms with Crippen LogP contribution in [0, 0.1) is 12.9 Å². The molecular formula is C52H40N3OPt-. The first-order valence-electron chi connectivity index (χ1n) is 20.2. The second-order valence-electron chi connectivity index (χ2n) is 14.6. The summed E-state index contributed by atoms with van der Waals surface area (Å²) in [6.07, 6.45) is 1.76. The van der Waals surface area contributed by atoms with Gasteiger partial charge in [-0.1, -0.05) is 159 Å². The number of hydrogen-bond donors (Lipinski definition) is 1. The SMILES string of the molecule is [2H]C([2H])([2H])c1cc(-c2cc(-c3ccc(C(C)(C)c4ccccc4)cc3)ccn2)[c-]c(-c2cccc3c2nc(-c2ccccc2O)n3-c2ccc(-c3ccccc3)cc2)c1.[Pt]. The van der Waals surface area contributed by atoms with Crippen molar-refractivity contribution < 1.29 is 30.3 Å². The van der Waals surface area contributed by atoms with E-state index in [2.05, 4.69) is 105 Å². The number of fused-ring (bicyclic) bond motifs is 1. The van der Waals surface area contributed by atoms with Gasteiger partial charge < -0.3 is 5.11 Å². The number of aryl methyl sites for hydroxylation is 1. The van der Waals surface area contributed by atoms with Crippen LogP contribution in [0.3, 0.4) is 0 Å². The molecule has 5 heteroatoms. The van der Waals surface area contributed by atoms with Crippen molar-refractivity contribution in [3.8, 4) is 67.5 Å². The van der Waals surface area contributed by atoms with E-state index in [0.29, 0.717) is 39.3 Å². The average Bonchev–Trinajstić information content (AvgIpc) is 3.66. The molecule has 0 amide bonds. The van der Waals surface area contributed by atoms with Gasteiger partial charge in [0.1, 0.15) is 11.6 Å². The number of rotatable bonds is 8. The van der Waals surface area contributed by atoms with Gasteiger partial charge in [-0.05, 0) is 69.8 Å². The van der Waals surface area contributed by atoms with Crippen LogP contribution in [0.15, 0.2) is 182 Å². The summed E-state index contributed by atoms with van der Waals surface area (Å²) in [6.45, 7) is 2.06. The normalized spacial score (nSPS) is 12.4. The van der Waals surface area contributed by atoms with Gasteiger partial charge in [0.2, 0.25) is 0 Å². The molecule has 280 valence electrons. The maximum Gasteiger partial charge on any atom is 0.148 e. The molecule has 0 atom stereocenters. The fourth-order valence-electron chi connectivity index (χ4n) is 7.57. The second kappa shape index (κ2) is 15.7. The largest absolute Gasteiger partial charge is 0.507 e. The molecule has 57 heavy (non-hydrogen) atoms. The first-order chi connectivity index (χ1) is 28.5. The van der Waals surface area contributed by atoms with E-state index in [4.69, 9.17) is 14.1 Å². The van der Waals surface area contributed by atoms with Crippen LogP contribution >= 0.6 is 0 Å². The molecule has 9 aromatic rings. The standard InChI is InChI=1S/C52H40N3O.Pt/c1-35-31-40(33-41(32-35)47-34-39(29-30-53-47)38-21-25-43(26-22-38)52(2,3)42-15-8-5-9-16-42)45-18-12-19-48-50(45)54-51(46-17-10-11-20-49(46)56)55(48)44-27-23-37(24-28-44)36-13-6-4-7-14-36;/h4-32,34,56H,1-3H3;/q-1;/i1D3;. The number of phenols is 1. The Morgan fingerprint density at radius 3 is 1.95 bits per heavy atom. The molecule has 9 rings (SSSR count). The molecule has 0 radical (unpaired) electrons. The number of para-hydroxylation sites is 2. The van der Waals surface area contributed by atoms with E-state index >= 15 is 0 Å². The molecule has 2 heterocycles. The molecule has 0 spiro atoms. The Morgan fingerprint density at radius 1 is 0.596 bits per heavy atom. The minimum Gasteiger partial charge on any atom is -0.507 e. The van der Waals surface area contributed by atoms with Gasteiger partial charge in [0.05, 0.1) is 16.6 Å². The first-order valence-corrected chi connectivity index (χ1v) is 18.7. The van der Waals surface area contributed by atoms with Crippen LogP contribution in [0.1, 0.15) is 34.7 Å². The maximum atomic E-state index is 11.1. The van der Waals surface area contributed by atoms with Gasteiger partial charge in [-0.2, -0.15) is 0 Å². The molecule has 0 unspecified atom stereocenters. The van der Waals surface area contributed by atoms with Gasteiger partial charge >= 0.3 is 0 Å². The second-order valence-corrected chi connectivity index (χ2v) is 14.6. The van der Waals surface area contributed by atoms with Crippen LogP contribution in [-0.4, -0.2) is 19.6 Å². The topological polar surface area (TPSA) is 50.9 Å². The Balaban J connectivity index is 0.00000499. The number of phenolic OH excluding ortho intramolecular Hbond substituents is 1. The number of aromatic nitrogens is 3. The van der Waals surface area contributed by atoms with Crippen molar-refractivity contribution in [1.29, 1.82) is 0 Å². The monoisotopic (exact) mass is 920 g/mol. The third kappa shape index (κ3) is 7.25. The third-order valence-electron chi connectivity index (χ3n) is 10.7. The van der Waals surface area contributed by atoms with Crippen LogP contribution in [0.4, 0.5) is 0 Å². The Kier molecular flexibility index (Phi) is 9.32. The fourth-order valence-corrected chi connectivity index (χ4v) is 7.57. The number of benzene rings is 7. The van der Waals surface area contributed by atoms with Crippen molar-refractivity contribution in [3.05, 3.63) is 205 Å². The van der Waals surface area contributed by atoms with Gasteiger partial charge in [-0.3, -0.25) is 9.55 Å². The van der Waals surface area contributed by atoms with Crippen LogP contribution < -0.4 is 0 Å². The summed E-state index contributed by atoms with van der Waals surface area (Å²) in [7, 11) is 0. The summed E-state index contributed by atoms with van der Waals surface area (Å²) in [5.41, 5.74) is 11.9. The van der Waals surface area contributed by atoms with E-state index in [-0.39, 0.29) is 37.8 Å². The van der Waals surface area contributed by atoms with Gasteiger partial charge in [-0.25, -0.2) is 4.98 Å². The van der Waals surface area contributed by atoms with Gasteiger partial charge in [-0.15, -0.1) is 29.3 Å². The van der Waals surface area contributed by atoms with Crippen LogP contribution in [-0.2, 0) is 26.5 Å². The van der Waals surface area contributed by atoms with Crippen molar-refractivity contribution in [1.82, 2.24) is 14.5 Å². The molecule has 0 saturated carbocycles. The summed E-state index contributed by atoms with van der Waals surface area (Å²) in [4.78, 5) is 9.92. The fraction of sp³-hybridized carbons (Fsp3) is 0.0769. The van der Waals surface area contributed by atoms with E-state index in [1.54, 1.807) is 30.5 Å². The number of nitrogens with zero attached hydrogens (tertiary/aromatic N) is 3. The number of hydrogen-bond acceptors (Lipinski definition) is 3. The Bertz CT molecular complexity index is 2940. The molecular weight excluding hydrogens is 878 g/mol. The summed E-state index contributed by atoms with van der Waals surface area (Å²) in [6, 6.07) is 61.4. The quantitative estimate of drug-likeness (QED) is 0.155. The van der Waals surface area contributed by atoms with Crippen LogP contribution in [0.25, 0.3) is 72.7 Å². The number of aromatic hydroxyl groups is 1. The molecule has 1 N–H and O–H groups in total. The van der Waals surface area contributed by atoms with Crippen molar-refractivity contribution in [2.75, 3.05) is 0 Å². The summed E-state index contributed by atoms with van der Waals surface area (Å²) in [5.74, 6) is 0.656. The molecule has 0 aliphatic carbocycles. The number of imidazole rings is 1. The minimum atomic E-state index is -2.40. The van der Waals surface area contributed by atoms with Crippen molar-refractivity contribution in [2.45, 2.75) is 26.1 Å². The smallest absolute Gasteiger partial charge is 0.148 e. The van der Waals surface area contributed by atoms with Gasteiger partial charge in [0.15, 0.2) is 0 Å². The Hall–Kier alpha value is -6.35. The Labute approximate surface area is 352 Å². The van der Waals surface area contributed by atoms with Crippen molar-refractivity contribution >= 4 is 11.0 Å². The zero-order chi connectivity index (χ0) is 40.7. The molecule has 4 nitrogen and oxygen atoms in total. The van der Waals surface area contributed by atoms with E-state index in [1.807, 2.05) is 71.3 Å². The molecule has 7 aromatic carbocycles. The van der Waals surface area contributed by atoms with E-state index in [9.17, 15) is 5.11 Å². The zero-order valence-corrected chi connectivity index (χ0v) is 33.7. The molecule has 0 bridgehead atoms. The molecule has 0 fully saturated rings. The Morgan fingerprint density at radius 2 is 1.21 bits per heavy atom. The van der Waals surface area contributed by atoms with E-state index < -0.39 is 6.85 Å². The number of pyridine rings is 1. The molecule has 0 aliphatic heterocycles. The summed E-state index contributed by atoms with van der Waals surface area (Å²) >= 11 is 0. The van der Waals surface area contributed by atoms with Gasteiger partial charge in [0, 0.05) is 48.2 Å². The average molecular weight is 921 g/mol. The van der Waals surface area contributed by atoms with Crippen molar-refractivity contribution in [2.24, 2.45) is 0 Å². The maximum absolute atomic E-state index is 11.1. The summed E-state index contributed by atoms with van der Waals surface area (Å²) < 4.78 is 27.5. The predicted molar refractivity (Wildman–Crippen MR) is 230 cm³/mol. The molecule has 2 aromatic heterocycles. The van der Waals surface area contributed by atoms with Crippen molar-refractivity contribution in [3.63, 3.8) is 0 Å². The minimum absolute atomic E-state index is 0. The van der Waals surface area contributed by atoms with Crippen LogP contribution in [0.5, 0.6) is 5.75 Å². The van der Waals surface area contributed by atoms with E-state index in [1.165, 1.54) is 11.1 Å². The van der Waals surface area contributed by atoms with Crippen LogP contribution in [0.2, 0.25) is 0 Å². The van der Waals surface area contributed by atoms with Gasteiger partial charge in [0.25, 0.3) is 0 Å². The predicted octanol–water partition coefficient (Wildman–Crippen LogP) is 12.9. The zero-order valence-electron chi connectivity index (χ0n) is 34.4. The molecule has 0 aliphatic rings. The molecule has 0 saturated heterocycles. The first kappa shape index (κ1) is 33.9. The summed E-state index contributed by atoms with van der Waals surface area (Å²) in [5, 5.41) is 11.1. The van der Waals surface area contributed by atoms with E-state index in [0.717, 1.165) is 33.5 Å². The third-order valence-corrected chi connectivity index (χ3v) is 10.7.